The average Bonchev–Trinajstić information content (AvgIpc) is 3.00. The zero-order valence-corrected chi connectivity index (χ0v) is 7.83. The second kappa shape index (κ2) is 3.22. The minimum Gasteiger partial charge on any atom is -0.198 e. The summed E-state index contributed by atoms with van der Waals surface area (Å²) in [5.74, 6) is 0.833. The van der Waals surface area contributed by atoms with Crippen LogP contribution in [0.2, 0.25) is 0 Å². The van der Waals surface area contributed by atoms with Gasteiger partial charge < -0.3 is 0 Å². The van der Waals surface area contributed by atoms with E-state index < -0.39 is 0 Å². The van der Waals surface area contributed by atoms with Gasteiger partial charge in [-0.05, 0) is 36.8 Å². The van der Waals surface area contributed by atoms with Crippen molar-refractivity contribution in [3.63, 3.8) is 0 Å². The average molecular weight is 171 g/mol. The van der Waals surface area contributed by atoms with Crippen molar-refractivity contribution in [2.75, 3.05) is 0 Å². The van der Waals surface area contributed by atoms with E-state index >= 15 is 0 Å². The fourth-order valence-corrected chi connectivity index (χ4v) is 1.55. The molecule has 1 aromatic carbocycles. The van der Waals surface area contributed by atoms with Crippen LogP contribution < -0.4 is 0 Å². The Balaban J connectivity index is 2.18. The van der Waals surface area contributed by atoms with Crippen LogP contribution in [0.25, 0.3) is 0 Å². The van der Waals surface area contributed by atoms with Gasteiger partial charge >= 0.3 is 0 Å². The SMILES string of the molecule is CC(C#N)c1ccc(C2CC2)cc1. The van der Waals surface area contributed by atoms with Crippen molar-refractivity contribution >= 4 is 0 Å². The number of hydrogen-bond donors (Lipinski definition) is 0. The first-order valence-electron chi connectivity index (χ1n) is 4.80. The molecule has 0 saturated heterocycles. The Morgan fingerprint density at radius 1 is 1.31 bits per heavy atom. The van der Waals surface area contributed by atoms with Gasteiger partial charge in [0.1, 0.15) is 0 Å². The minimum absolute atomic E-state index is 0.0215. The van der Waals surface area contributed by atoms with Gasteiger partial charge in [-0.2, -0.15) is 5.26 Å². The largest absolute Gasteiger partial charge is 0.198 e. The van der Waals surface area contributed by atoms with E-state index in [2.05, 4.69) is 30.3 Å². The molecule has 1 heteroatoms. The van der Waals surface area contributed by atoms with Crippen molar-refractivity contribution < 1.29 is 0 Å². The molecule has 0 aliphatic heterocycles. The molecule has 1 aliphatic carbocycles. The molecule has 1 aromatic rings. The molecule has 0 heterocycles. The highest BCUT2D eigenvalue weighted by Gasteiger charge is 2.23. The fraction of sp³-hybridized carbons (Fsp3) is 0.417. The normalized spacial score (nSPS) is 17.8. The monoisotopic (exact) mass is 171 g/mol. The number of rotatable bonds is 2. The highest BCUT2D eigenvalue weighted by atomic mass is 14.3. The minimum atomic E-state index is 0.0215. The Morgan fingerprint density at radius 2 is 1.92 bits per heavy atom. The van der Waals surface area contributed by atoms with Gasteiger partial charge in [0.05, 0.1) is 12.0 Å². The molecular formula is C12H13N. The summed E-state index contributed by atoms with van der Waals surface area (Å²) in [5.41, 5.74) is 2.57. The van der Waals surface area contributed by atoms with Crippen molar-refractivity contribution in [1.29, 1.82) is 5.26 Å². The van der Waals surface area contributed by atoms with Crippen LogP contribution in [0.3, 0.4) is 0 Å². The maximum atomic E-state index is 8.73. The number of nitrogens with zero attached hydrogens (tertiary/aromatic N) is 1. The summed E-state index contributed by atoms with van der Waals surface area (Å²) < 4.78 is 0. The molecule has 66 valence electrons. The zero-order valence-electron chi connectivity index (χ0n) is 7.83. The molecule has 1 nitrogen and oxygen atoms in total. The van der Waals surface area contributed by atoms with E-state index in [-0.39, 0.29) is 5.92 Å². The van der Waals surface area contributed by atoms with Crippen molar-refractivity contribution in [3.05, 3.63) is 35.4 Å². The Hall–Kier alpha value is -1.29. The van der Waals surface area contributed by atoms with Gasteiger partial charge in [-0.1, -0.05) is 24.3 Å². The third kappa shape index (κ3) is 1.72. The lowest BCUT2D eigenvalue weighted by Gasteiger charge is -2.03. The van der Waals surface area contributed by atoms with E-state index in [0.29, 0.717) is 0 Å². The number of nitriles is 1. The molecule has 1 fully saturated rings. The molecule has 2 rings (SSSR count). The van der Waals surface area contributed by atoms with Gasteiger partial charge in [-0.25, -0.2) is 0 Å². The summed E-state index contributed by atoms with van der Waals surface area (Å²) in [5, 5.41) is 8.73. The molecule has 0 amide bonds. The Morgan fingerprint density at radius 3 is 2.38 bits per heavy atom. The van der Waals surface area contributed by atoms with E-state index in [1.807, 2.05) is 6.92 Å². The van der Waals surface area contributed by atoms with E-state index in [1.54, 1.807) is 0 Å². The van der Waals surface area contributed by atoms with Crippen molar-refractivity contribution in [1.82, 2.24) is 0 Å². The molecule has 1 aliphatic rings. The first-order valence-corrected chi connectivity index (χ1v) is 4.80. The van der Waals surface area contributed by atoms with Gasteiger partial charge in [0.25, 0.3) is 0 Å². The molecule has 0 N–H and O–H groups in total. The lowest BCUT2D eigenvalue weighted by atomic mass is 10.00. The topological polar surface area (TPSA) is 23.8 Å². The Kier molecular flexibility index (Phi) is 2.06. The van der Waals surface area contributed by atoms with Gasteiger partial charge in [-0.3, -0.25) is 0 Å². The summed E-state index contributed by atoms with van der Waals surface area (Å²) in [4.78, 5) is 0. The first kappa shape index (κ1) is 8.31. The van der Waals surface area contributed by atoms with E-state index in [0.717, 1.165) is 11.5 Å². The second-order valence-corrected chi connectivity index (χ2v) is 3.79. The van der Waals surface area contributed by atoms with Crippen LogP contribution in [0.5, 0.6) is 0 Å². The molecule has 1 atom stereocenters. The smallest absolute Gasteiger partial charge is 0.0700 e. The highest BCUT2D eigenvalue weighted by molar-refractivity contribution is 5.31. The quantitative estimate of drug-likeness (QED) is 0.670. The van der Waals surface area contributed by atoms with E-state index in [4.69, 9.17) is 5.26 Å². The van der Waals surface area contributed by atoms with Crippen LogP contribution in [-0.4, -0.2) is 0 Å². The fourth-order valence-electron chi connectivity index (χ4n) is 1.55. The maximum Gasteiger partial charge on any atom is 0.0700 e. The summed E-state index contributed by atoms with van der Waals surface area (Å²) in [7, 11) is 0. The van der Waals surface area contributed by atoms with Gasteiger partial charge in [0.2, 0.25) is 0 Å². The molecule has 13 heavy (non-hydrogen) atoms. The molecule has 0 radical (unpaired) electrons. The molecule has 0 spiro atoms. The Labute approximate surface area is 79.0 Å². The standard InChI is InChI=1S/C12H13N/c1-9(8-13)10-2-4-11(5-3-10)12-6-7-12/h2-5,9,12H,6-7H2,1H3. The Bertz CT molecular complexity index is 327. The molecule has 0 aromatic heterocycles. The third-order valence-electron chi connectivity index (χ3n) is 2.68. The van der Waals surface area contributed by atoms with Crippen molar-refractivity contribution in [2.24, 2.45) is 0 Å². The van der Waals surface area contributed by atoms with Crippen LogP contribution in [0, 0.1) is 11.3 Å². The van der Waals surface area contributed by atoms with Gasteiger partial charge in [0.15, 0.2) is 0 Å². The van der Waals surface area contributed by atoms with Crippen LogP contribution in [0.4, 0.5) is 0 Å². The summed E-state index contributed by atoms with van der Waals surface area (Å²) in [6, 6.07) is 10.8. The number of hydrogen-bond acceptors (Lipinski definition) is 1. The van der Waals surface area contributed by atoms with Crippen LogP contribution in [0.15, 0.2) is 24.3 Å². The second-order valence-electron chi connectivity index (χ2n) is 3.79. The maximum absolute atomic E-state index is 8.73. The van der Waals surface area contributed by atoms with Crippen molar-refractivity contribution in [2.45, 2.75) is 31.6 Å². The summed E-state index contributed by atoms with van der Waals surface area (Å²) in [6.45, 7) is 1.94. The molecular weight excluding hydrogens is 158 g/mol. The van der Waals surface area contributed by atoms with Crippen LogP contribution in [-0.2, 0) is 0 Å². The van der Waals surface area contributed by atoms with E-state index in [1.165, 1.54) is 18.4 Å². The van der Waals surface area contributed by atoms with Gasteiger partial charge in [-0.15, -0.1) is 0 Å². The summed E-state index contributed by atoms with van der Waals surface area (Å²) >= 11 is 0. The van der Waals surface area contributed by atoms with Crippen LogP contribution in [0.1, 0.15) is 42.7 Å². The van der Waals surface area contributed by atoms with E-state index in [9.17, 15) is 0 Å². The van der Waals surface area contributed by atoms with Crippen molar-refractivity contribution in [3.8, 4) is 6.07 Å². The molecule has 0 bridgehead atoms. The van der Waals surface area contributed by atoms with Crippen LogP contribution >= 0.6 is 0 Å². The lowest BCUT2D eigenvalue weighted by molar-refractivity contribution is 0.976. The van der Waals surface area contributed by atoms with Gasteiger partial charge in [0, 0.05) is 0 Å². The lowest BCUT2D eigenvalue weighted by Crippen LogP contribution is -1.89. The predicted molar refractivity (Wildman–Crippen MR) is 52.4 cm³/mol. The first-order chi connectivity index (χ1) is 6.31. The molecule has 1 unspecified atom stereocenters. The molecule has 1 saturated carbocycles. The zero-order chi connectivity index (χ0) is 9.26. The highest BCUT2D eigenvalue weighted by Crippen LogP contribution is 2.40. The number of benzene rings is 1. The summed E-state index contributed by atoms with van der Waals surface area (Å²) in [6.07, 6.45) is 2.68. The predicted octanol–water partition coefficient (Wildman–Crippen LogP) is 3.19. The third-order valence-corrected chi connectivity index (χ3v) is 2.68.